The third-order valence-electron chi connectivity index (χ3n) is 0.842. The summed E-state index contributed by atoms with van der Waals surface area (Å²) in [6.45, 7) is 0.583. The van der Waals surface area contributed by atoms with Crippen LogP contribution in [0.3, 0.4) is 0 Å². The number of quaternary nitrogens is 1. The predicted molar refractivity (Wildman–Crippen MR) is 21.6 cm³/mol. The second-order valence-corrected chi connectivity index (χ2v) is 1.64. The number of aliphatic hydroxyl groups excluding tert-OH is 1. The Balaban J connectivity index is 2.26. The van der Waals surface area contributed by atoms with Gasteiger partial charge in [-0.25, -0.2) is 0 Å². The largest absolute Gasteiger partial charge is 0.362 e. The summed E-state index contributed by atoms with van der Waals surface area (Å²) in [6.07, 6.45) is -0.606. The lowest BCUT2D eigenvalue weighted by Crippen LogP contribution is -2.87. The van der Waals surface area contributed by atoms with Gasteiger partial charge in [0.05, 0.1) is 0 Å². The van der Waals surface area contributed by atoms with E-state index < -0.39 is 6.29 Å². The molecule has 0 spiro atoms. The molecule has 1 aliphatic rings. The Bertz CT molecular complexity index is 60.0. The summed E-state index contributed by atoms with van der Waals surface area (Å²) >= 11 is 0. The van der Waals surface area contributed by atoms with Gasteiger partial charge in [-0.3, -0.25) is 0 Å². The number of β-amino-alcohol motifs (C(OH)–C–C–N with tert-alkyl or cyclic N) is 1. The van der Waals surface area contributed by atoms with Crippen LogP contribution in [0, 0.1) is 0 Å². The molecule has 42 valence electrons. The zero-order chi connectivity index (χ0) is 5.28. The van der Waals surface area contributed by atoms with Crippen molar-refractivity contribution in [2.24, 2.45) is 0 Å². The molecule has 1 heterocycles. The summed E-state index contributed by atoms with van der Waals surface area (Å²) in [7, 11) is 1.84. The van der Waals surface area contributed by atoms with Gasteiger partial charge in [-0.1, -0.05) is 0 Å². The first-order valence-electron chi connectivity index (χ1n) is 2.16. The first-order valence-corrected chi connectivity index (χ1v) is 2.16. The van der Waals surface area contributed by atoms with Crippen molar-refractivity contribution >= 4 is 0 Å². The van der Waals surface area contributed by atoms with Crippen LogP contribution in [-0.4, -0.2) is 30.0 Å². The first kappa shape index (κ1) is 4.99. The molecule has 0 amide bonds. The molecular weight excluding hydrogens is 96.0 g/mol. The summed E-state index contributed by atoms with van der Waals surface area (Å²) in [5.41, 5.74) is 1.50. The normalized spacial score (nSPS) is 34.3. The fraction of sp³-hybridized carbons (Fsp3) is 1.00. The molecule has 7 heavy (non-hydrogen) atoms. The smallest absolute Gasteiger partial charge is 0.233 e. The van der Waals surface area contributed by atoms with Gasteiger partial charge in [0, 0.05) is 7.05 Å². The van der Waals surface area contributed by atoms with Crippen LogP contribution in [0.25, 0.3) is 0 Å². The summed E-state index contributed by atoms with van der Waals surface area (Å²) in [5.74, 6) is 0. The van der Waals surface area contributed by atoms with Gasteiger partial charge >= 0.3 is 0 Å². The first-order chi connectivity index (χ1) is 3.29. The fourth-order valence-corrected chi connectivity index (χ4v) is 0.507. The van der Waals surface area contributed by atoms with E-state index in [0.29, 0.717) is 6.54 Å². The highest BCUT2D eigenvalue weighted by Crippen LogP contribution is 1.84. The van der Waals surface area contributed by atoms with Crippen molar-refractivity contribution in [1.29, 1.82) is 0 Å². The molecule has 1 saturated heterocycles. The Hall–Kier alpha value is -0.160. The molecule has 1 fully saturated rings. The number of likely N-dealkylation sites (N-methyl/N-ethyl adjacent to an activating group) is 1. The highest BCUT2D eigenvalue weighted by atomic mass is 16.8. The van der Waals surface area contributed by atoms with Crippen LogP contribution in [0.4, 0.5) is 0 Å². The van der Waals surface area contributed by atoms with Crippen molar-refractivity contribution < 1.29 is 15.5 Å². The van der Waals surface area contributed by atoms with E-state index in [1.807, 2.05) is 7.05 Å². The van der Waals surface area contributed by atoms with Crippen molar-refractivity contribution in [3.63, 3.8) is 0 Å². The van der Waals surface area contributed by atoms with Gasteiger partial charge in [0.1, 0.15) is 6.54 Å². The van der Waals surface area contributed by atoms with Crippen LogP contribution in [0.5, 0.6) is 0 Å². The van der Waals surface area contributed by atoms with Crippen LogP contribution in [0.15, 0.2) is 0 Å². The van der Waals surface area contributed by atoms with E-state index in [4.69, 9.17) is 5.11 Å². The molecule has 1 atom stereocenters. The third kappa shape index (κ3) is 1.10. The molecule has 0 aliphatic carbocycles. The molecule has 0 aromatic carbocycles. The molecule has 4 heteroatoms. The molecule has 3 N–H and O–H groups in total. The number of aliphatic hydroxyl groups is 1. The Morgan fingerprint density at radius 1 is 2.00 bits per heavy atom. The summed E-state index contributed by atoms with van der Waals surface area (Å²) in [6, 6.07) is 0. The second kappa shape index (κ2) is 1.75. The highest BCUT2D eigenvalue weighted by molar-refractivity contribution is 4.39. The maximum atomic E-state index is 8.60. The van der Waals surface area contributed by atoms with Crippen LogP contribution >= 0.6 is 0 Å². The topological polar surface area (TPSA) is 49.3 Å². The van der Waals surface area contributed by atoms with E-state index in [1.54, 1.807) is 5.01 Å². The quantitative estimate of drug-likeness (QED) is 0.339. The Morgan fingerprint density at radius 3 is 2.86 bits per heavy atom. The molecule has 0 radical (unpaired) electrons. The molecular formula is C3H9N2O2+. The lowest BCUT2D eigenvalue weighted by atomic mass is 10.6. The SMILES string of the molecule is CN1C[C@H](O)O[NH2+]1. The van der Waals surface area contributed by atoms with Crippen molar-refractivity contribution in [2.75, 3.05) is 13.6 Å². The summed E-state index contributed by atoms with van der Waals surface area (Å²) in [5, 5.41) is 10.4. The van der Waals surface area contributed by atoms with E-state index in [2.05, 4.69) is 4.84 Å². The average Bonchev–Trinajstić information content (AvgIpc) is 1.87. The lowest BCUT2D eigenvalue weighted by molar-refractivity contribution is -0.979. The van der Waals surface area contributed by atoms with Gasteiger partial charge in [-0.2, -0.15) is 4.84 Å². The van der Waals surface area contributed by atoms with Gasteiger partial charge in [-0.05, 0) is 0 Å². The Morgan fingerprint density at radius 2 is 2.71 bits per heavy atom. The zero-order valence-electron chi connectivity index (χ0n) is 4.16. The maximum Gasteiger partial charge on any atom is 0.233 e. The second-order valence-electron chi connectivity index (χ2n) is 1.64. The van der Waals surface area contributed by atoms with Crippen LogP contribution < -0.4 is 5.59 Å². The van der Waals surface area contributed by atoms with E-state index in [-0.39, 0.29) is 0 Å². The van der Waals surface area contributed by atoms with E-state index in [9.17, 15) is 0 Å². The molecule has 0 saturated carbocycles. The number of hydrogen-bond donors (Lipinski definition) is 2. The molecule has 0 aromatic heterocycles. The number of rotatable bonds is 0. The fourth-order valence-electron chi connectivity index (χ4n) is 0.507. The van der Waals surface area contributed by atoms with Gasteiger partial charge in [0.25, 0.3) is 0 Å². The minimum Gasteiger partial charge on any atom is -0.362 e. The van der Waals surface area contributed by atoms with E-state index in [1.165, 1.54) is 5.59 Å². The number of hydrogen-bond acceptors (Lipinski definition) is 3. The minimum atomic E-state index is -0.606. The van der Waals surface area contributed by atoms with Crippen molar-refractivity contribution in [3.8, 4) is 0 Å². The standard InChI is InChI=1S/C3H8N2O2/c1-5-2-3(6)7-4-5/h3-4,6H,2H2,1H3/p+1/t3-/m1/s1. The minimum absolute atomic E-state index is 0.583. The van der Waals surface area contributed by atoms with Crippen LogP contribution in [-0.2, 0) is 4.84 Å². The molecule has 0 unspecified atom stereocenters. The highest BCUT2D eigenvalue weighted by Gasteiger charge is 2.20. The van der Waals surface area contributed by atoms with Crippen molar-refractivity contribution in [2.45, 2.75) is 6.29 Å². The average molecular weight is 105 g/mol. The van der Waals surface area contributed by atoms with Gasteiger partial charge in [0.2, 0.25) is 6.29 Å². The summed E-state index contributed by atoms with van der Waals surface area (Å²) < 4.78 is 0. The molecule has 0 bridgehead atoms. The van der Waals surface area contributed by atoms with E-state index in [0.717, 1.165) is 0 Å². The molecule has 0 aromatic rings. The summed E-state index contributed by atoms with van der Waals surface area (Å²) in [4.78, 5) is 4.62. The van der Waals surface area contributed by atoms with Gasteiger partial charge in [0.15, 0.2) is 0 Å². The lowest BCUT2D eigenvalue weighted by Gasteiger charge is -1.93. The van der Waals surface area contributed by atoms with Crippen molar-refractivity contribution in [1.82, 2.24) is 5.01 Å². The van der Waals surface area contributed by atoms with Crippen LogP contribution in [0.1, 0.15) is 0 Å². The number of nitrogens with two attached hydrogens (primary N) is 1. The number of nitrogens with zero attached hydrogens (tertiary/aromatic N) is 1. The zero-order valence-corrected chi connectivity index (χ0v) is 4.16. The van der Waals surface area contributed by atoms with Gasteiger partial charge < -0.3 is 5.11 Å². The van der Waals surface area contributed by atoms with Crippen LogP contribution in [0.2, 0.25) is 0 Å². The molecule has 1 rings (SSSR count). The van der Waals surface area contributed by atoms with E-state index >= 15 is 0 Å². The van der Waals surface area contributed by atoms with Gasteiger partial charge in [-0.15, -0.1) is 10.6 Å². The molecule has 1 aliphatic heterocycles. The molecule has 4 nitrogen and oxygen atoms in total. The maximum absolute atomic E-state index is 8.60. The van der Waals surface area contributed by atoms with Crippen molar-refractivity contribution in [3.05, 3.63) is 0 Å². The predicted octanol–water partition coefficient (Wildman–Crippen LogP) is -2.34. The monoisotopic (exact) mass is 105 g/mol. The Kier molecular flexibility index (Phi) is 1.25. The Labute approximate surface area is 41.6 Å². The third-order valence-corrected chi connectivity index (χ3v) is 0.842.